The van der Waals surface area contributed by atoms with E-state index in [-0.39, 0.29) is 135 Å². The van der Waals surface area contributed by atoms with E-state index in [1.807, 2.05) is 18.6 Å². The number of carbonyl (C=O) groups excluding carboxylic acids is 3. The molecule has 6 aromatic rings. The summed E-state index contributed by atoms with van der Waals surface area (Å²) in [6.07, 6.45) is -0.141. The van der Waals surface area contributed by atoms with Gasteiger partial charge < -0.3 is 126 Å². The molecule has 6 aromatic heterocycles. The molecule has 0 saturated carbocycles. The Hall–Kier alpha value is -6.85. The number of amides is 3. The fraction of sp³-hybridized carbons (Fsp3) is 0.766. The van der Waals surface area contributed by atoms with Gasteiger partial charge in [-0.3, -0.25) is 14.4 Å². The van der Waals surface area contributed by atoms with E-state index in [0.29, 0.717) is 113 Å². The van der Waals surface area contributed by atoms with Gasteiger partial charge in [0.25, 0.3) is 0 Å². The van der Waals surface area contributed by atoms with Crippen LogP contribution in [0.1, 0.15) is 70.6 Å². The van der Waals surface area contributed by atoms with Crippen LogP contribution in [-0.2, 0) is 115 Å². The number of nitrogens with one attached hydrogen (secondary N) is 6. The third kappa shape index (κ3) is 29.6. The Balaban J connectivity index is 0.606. The van der Waals surface area contributed by atoms with Crippen LogP contribution in [0.3, 0.4) is 0 Å². The average molecular weight is 1610 g/mol. The number of aryl methyl sites for hydroxylation is 6. The molecular formula is C64H104N22O21S3. The predicted molar refractivity (Wildman–Crippen MR) is 389 cm³/mol. The van der Waals surface area contributed by atoms with Crippen molar-refractivity contribution >= 4 is 67.1 Å². The second-order valence-corrected chi connectivity index (χ2v) is 29.6. The number of aliphatic hydroxyl groups is 9. The largest absolute Gasteiger partial charge is 0.394 e. The van der Waals surface area contributed by atoms with Gasteiger partial charge in [-0.25, -0.2) is 14.0 Å². The topological polar surface area (TPSA) is 584 Å². The molecule has 3 aliphatic rings. The lowest BCUT2D eigenvalue weighted by molar-refractivity contribution is -0.152. The SMILES string of the molecule is NC(CCC(=O)NCCOCCOCCn1cc(CCc2nnc(N[C@H]3CO[C@H](CO)[C@H](O)[C@@H]3O)s2)nn1)(CCC(=O)NCCOCCOCCn1cc(CCc2nnc(N[C@H]3CO[C@H](CO)[C@H](O)[C@@H]3O)s2)nn1)CCC(=O)NCCOCCOCCn1cc(CCc2nnc(N[C@H]3CO[C@H](CO)[C@H](O)[C@@H]3O)s2)nn1. The molecule has 0 bridgehead atoms. The Bertz CT molecular complexity index is 3240. The zero-order valence-electron chi connectivity index (χ0n) is 61.1. The van der Waals surface area contributed by atoms with Crippen molar-refractivity contribution in [2.45, 2.75) is 175 Å². The summed E-state index contributed by atoms with van der Waals surface area (Å²) in [5, 5.41) is 161. The maximum Gasteiger partial charge on any atom is 0.220 e. The standard InChI is InChI=1S/C64H104N22O21S3/c65-64(10-7-49(90)66-13-19-99-25-28-102-22-16-84-31-40(72-81-84)1-4-52-75-78-61(108-52)69-43-37-105-46(34-87)58(96)55(43)93,11-8-50(91)67-14-20-100-26-29-103-23-17-85-32-41(73-82-85)2-5-53-76-79-62(109-53)70-44-38-106-47(35-88)59(97)56(44)94)12-9-51(92)68-15-21-101-27-30-104-24-18-86-33-42(74-83-86)3-6-54-77-80-63(110-54)71-45-39-107-48(36-89)60(98)57(45)95/h31-33,43-48,55-60,87-89,93-98H,1-30,34-39,65H2,(H,66,90)(H,67,91)(H,68,92)(H,69,78)(H,70,79)(H,71,80)/t43-,44-,45-,46+,47+,48+,55+,56+,57+,58-,59-,60-/m0/s1. The smallest absolute Gasteiger partial charge is 0.220 e. The van der Waals surface area contributed by atoms with Gasteiger partial charge >= 0.3 is 0 Å². The Labute approximate surface area is 645 Å². The van der Waals surface area contributed by atoms with Crippen LogP contribution in [-0.4, -0.2) is 356 Å². The van der Waals surface area contributed by atoms with Gasteiger partial charge in [0, 0.05) is 82.3 Å². The van der Waals surface area contributed by atoms with Crippen molar-refractivity contribution in [2.24, 2.45) is 5.73 Å². The van der Waals surface area contributed by atoms with Crippen LogP contribution >= 0.6 is 34.0 Å². The van der Waals surface area contributed by atoms with Gasteiger partial charge in [0.15, 0.2) is 0 Å². The summed E-state index contributed by atoms with van der Waals surface area (Å²) in [6.45, 7) is 4.68. The lowest BCUT2D eigenvalue weighted by Crippen LogP contribution is -2.56. The molecule has 0 aromatic carbocycles. The summed E-state index contributed by atoms with van der Waals surface area (Å²) in [4.78, 5) is 39.3. The first kappa shape index (κ1) is 87.1. The van der Waals surface area contributed by atoms with Gasteiger partial charge in [-0.2, -0.15) is 0 Å². The van der Waals surface area contributed by atoms with Crippen molar-refractivity contribution in [1.29, 1.82) is 0 Å². The Morgan fingerprint density at radius 1 is 0.409 bits per heavy atom. The first-order valence-corrected chi connectivity index (χ1v) is 39.1. The molecule has 3 aliphatic heterocycles. The zero-order chi connectivity index (χ0) is 77.9. The number of aromatic nitrogens is 15. The summed E-state index contributed by atoms with van der Waals surface area (Å²) < 4.78 is 55.5. The van der Waals surface area contributed by atoms with Crippen molar-refractivity contribution in [3.05, 3.63) is 50.7 Å². The van der Waals surface area contributed by atoms with Gasteiger partial charge in [0.1, 0.15) is 70.0 Å². The number of hydrogen-bond acceptors (Lipinski definition) is 40. The van der Waals surface area contributed by atoms with Crippen LogP contribution < -0.4 is 37.6 Å². The number of rotatable bonds is 54. The van der Waals surface area contributed by atoms with Gasteiger partial charge in [-0.1, -0.05) is 49.7 Å². The van der Waals surface area contributed by atoms with Crippen LogP contribution in [0.5, 0.6) is 0 Å². The van der Waals surface area contributed by atoms with Crippen molar-refractivity contribution in [3.63, 3.8) is 0 Å². The highest BCUT2D eigenvalue weighted by Gasteiger charge is 2.41. The molecule has 0 aliphatic carbocycles. The number of carbonyl (C=O) groups is 3. The zero-order valence-corrected chi connectivity index (χ0v) is 63.5. The highest BCUT2D eigenvalue weighted by Crippen LogP contribution is 2.28. The van der Waals surface area contributed by atoms with E-state index >= 15 is 0 Å². The van der Waals surface area contributed by atoms with E-state index in [1.165, 1.54) is 34.0 Å². The van der Waals surface area contributed by atoms with Crippen LogP contribution in [0, 0.1) is 0 Å². The van der Waals surface area contributed by atoms with Gasteiger partial charge in [-0.05, 0) is 38.5 Å². The third-order valence-corrected chi connectivity index (χ3v) is 20.8. The number of nitrogens with zero attached hydrogens (tertiary/aromatic N) is 15. The first-order chi connectivity index (χ1) is 53.4. The monoisotopic (exact) mass is 1610 g/mol. The molecule has 46 heteroatoms. The van der Waals surface area contributed by atoms with Crippen LogP contribution in [0.25, 0.3) is 0 Å². The highest BCUT2D eigenvalue weighted by molar-refractivity contribution is 7.15. The van der Waals surface area contributed by atoms with E-state index in [4.69, 9.17) is 48.4 Å². The summed E-state index contributed by atoms with van der Waals surface area (Å²) in [5.74, 6) is -0.800. The van der Waals surface area contributed by atoms with E-state index < -0.39 is 98.4 Å². The lowest BCUT2D eigenvalue weighted by atomic mass is 9.84. The fourth-order valence-electron chi connectivity index (χ4n) is 11.6. The van der Waals surface area contributed by atoms with Gasteiger partial charge in [0.05, 0.1) is 174 Å². The van der Waals surface area contributed by atoms with Crippen molar-refractivity contribution in [1.82, 2.24) is 91.5 Å². The number of nitrogens with two attached hydrogens (primary N) is 1. The van der Waals surface area contributed by atoms with Crippen molar-refractivity contribution in [3.8, 4) is 0 Å². The lowest BCUT2D eigenvalue weighted by Gasteiger charge is -2.36. The molecule has 110 heavy (non-hydrogen) atoms. The maximum absolute atomic E-state index is 13.1. The predicted octanol–water partition coefficient (Wildman–Crippen LogP) is -6.06. The summed E-state index contributed by atoms with van der Waals surface area (Å²) in [6, 6.07) is -1.84. The van der Waals surface area contributed by atoms with E-state index in [0.717, 1.165) is 32.1 Å². The van der Waals surface area contributed by atoms with E-state index in [2.05, 4.69) is 93.4 Å². The normalized spacial score (nSPS) is 22.3. The molecule has 9 heterocycles. The minimum absolute atomic E-state index is 0.0430. The van der Waals surface area contributed by atoms with Gasteiger partial charge in [-0.15, -0.1) is 45.9 Å². The van der Waals surface area contributed by atoms with Crippen LogP contribution in [0.15, 0.2) is 18.6 Å². The molecule has 0 unspecified atom stereocenters. The summed E-state index contributed by atoms with van der Waals surface area (Å²) in [5.41, 5.74) is 8.14. The molecule has 3 saturated heterocycles. The number of anilines is 3. The fourth-order valence-corrected chi connectivity index (χ4v) is 14.0. The molecule has 614 valence electrons. The molecule has 12 atom stereocenters. The van der Waals surface area contributed by atoms with E-state index in [9.17, 15) is 60.3 Å². The molecule has 0 radical (unpaired) electrons. The Morgan fingerprint density at radius 2 is 0.691 bits per heavy atom. The van der Waals surface area contributed by atoms with Crippen molar-refractivity contribution in [2.75, 3.05) is 155 Å². The average Bonchev–Trinajstić information content (AvgIpc) is 1.26. The van der Waals surface area contributed by atoms with Crippen LogP contribution in [0.4, 0.5) is 15.4 Å². The molecule has 3 amide bonds. The summed E-state index contributed by atoms with van der Waals surface area (Å²) in [7, 11) is 0. The minimum Gasteiger partial charge on any atom is -0.394 e. The molecule has 3 fully saturated rings. The summed E-state index contributed by atoms with van der Waals surface area (Å²) >= 11 is 3.94. The Kier molecular flexibility index (Phi) is 37.2. The quantitative estimate of drug-likeness (QED) is 0.0158. The highest BCUT2D eigenvalue weighted by atomic mass is 32.1. The van der Waals surface area contributed by atoms with Crippen LogP contribution in [0.2, 0.25) is 0 Å². The number of aliphatic hydroxyl groups excluding tert-OH is 9. The Morgan fingerprint density at radius 3 is 0.973 bits per heavy atom. The second kappa shape index (κ2) is 47.0. The molecule has 0 spiro atoms. The van der Waals surface area contributed by atoms with Gasteiger partial charge in [0.2, 0.25) is 33.1 Å². The van der Waals surface area contributed by atoms with E-state index in [1.54, 1.807) is 14.0 Å². The second-order valence-electron chi connectivity index (χ2n) is 26.4. The minimum atomic E-state index is -1.24. The number of hydrogen-bond donors (Lipinski definition) is 16. The third-order valence-electron chi connectivity index (χ3n) is 18.1. The van der Waals surface area contributed by atoms with Crippen molar-refractivity contribution < 1.29 is 103 Å². The molecular weight excluding hydrogens is 1510 g/mol. The molecule has 43 nitrogen and oxygen atoms in total. The first-order valence-electron chi connectivity index (χ1n) is 36.7. The number of ether oxygens (including phenoxy) is 9. The maximum atomic E-state index is 13.1. The molecule has 9 rings (SSSR count). The molecule has 17 N–H and O–H groups in total.